The Balaban J connectivity index is 0.000000278. The van der Waals surface area contributed by atoms with Gasteiger partial charge in [-0.1, -0.05) is 26.7 Å². The molecule has 0 N–H and O–H groups in total. The molecule has 90 valence electrons. The van der Waals surface area contributed by atoms with Gasteiger partial charge < -0.3 is 0 Å². The second-order valence-electron chi connectivity index (χ2n) is 4.30. The van der Waals surface area contributed by atoms with Crippen LogP contribution in [0.3, 0.4) is 0 Å². The van der Waals surface area contributed by atoms with Crippen LogP contribution >= 0.6 is 0 Å². The zero-order valence-electron chi connectivity index (χ0n) is 11.6. The summed E-state index contributed by atoms with van der Waals surface area (Å²) in [5.41, 5.74) is 5.59. The van der Waals surface area contributed by atoms with Crippen LogP contribution in [0.1, 0.15) is 41.0 Å². The van der Waals surface area contributed by atoms with Crippen LogP contribution in [0, 0.1) is 18.1 Å². The number of hydrogen-bond donors (Lipinski definition) is 0. The third kappa shape index (κ3) is 5.73. The van der Waals surface area contributed by atoms with Gasteiger partial charge in [0.2, 0.25) is 0 Å². The molecule has 0 aliphatic heterocycles. The molecular weight excluding hydrogens is 283 g/mol. The molecule has 0 spiro atoms. The molecule has 0 saturated carbocycles. The molecule has 0 amide bonds. The van der Waals surface area contributed by atoms with Gasteiger partial charge in [-0.05, 0) is 0 Å². The summed E-state index contributed by atoms with van der Waals surface area (Å²) in [6, 6.07) is 0. The Labute approximate surface area is 122 Å². The summed E-state index contributed by atoms with van der Waals surface area (Å²) in [5.74, 6) is 0.560. The zero-order valence-corrected chi connectivity index (χ0v) is 14.1. The second-order valence-corrected chi connectivity index (χ2v) is 4.30. The summed E-state index contributed by atoms with van der Waals surface area (Å²) in [5, 5.41) is 0. The Hall–Kier alpha value is -0.287. The van der Waals surface area contributed by atoms with E-state index >= 15 is 0 Å². The molecule has 2 aliphatic rings. The van der Waals surface area contributed by atoms with E-state index in [-0.39, 0.29) is 0 Å². The van der Waals surface area contributed by atoms with Crippen LogP contribution in [0.2, 0.25) is 0 Å². The standard InChI is InChI=1S/C9H13.C6H7.CH2.Zr/c1-6-5-7(2)9(4)8(6)3;1-6-4-2-3-5-6;;/h6H,1-4H3;4-5H,2H2,1H3;1H2;/q2*-1;;+2. The Morgan fingerprint density at radius 2 is 1.82 bits per heavy atom. The van der Waals surface area contributed by atoms with Crippen LogP contribution in [-0.2, 0) is 24.2 Å². The van der Waals surface area contributed by atoms with Crippen molar-refractivity contribution in [3.63, 3.8) is 0 Å². The van der Waals surface area contributed by atoms with Crippen LogP contribution in [0.25, 0.3) is 0 Å². The molecule has 1 unspecified atom stereocenters. The van der Waals surface area contributed by atoms with Gasteiger partial charge in [0.05, 0.1) is 0 Å². The van der Waals surface area contributed by atoms with Gasteiger partial charge in [0.15, 0.2) is 0 Å². The van der Waals surface area contributed by atoms with Crippen molar-refractivity contribution >= 4 is 4.21 Å². The summed E-state index contributed by atoms with van der Waals surface area (Å²) < 4.78 is 3.34. The molecule has 2 aliphatic carbocycles. The minimum atomic E-state index is 0.560. The number of hydrogen-bond acceptors (Lipinski definition) is 0. The molecule has 2 rings (SSSR count). The van der Waals surface area contributed by atoms with E-state index in [9.17, 15) is 0 Å². The van der Waals surface area contributed by atoms with Gasteiger partial charge in [0.25, 0.3) is 0 Å². The van der Waals surface area contributed by atoms with E-state index in [0.29, 0.717) is 5.92 Å². The van der Waals surface area contributed by atoms with E-state index in [1.165, 1.54) is 46.5 Å². The van der Waals surface area contributed by atoms with Crippen LogP contribution in [0.15, 0.2) is 34.4 Å². The summed E-state index contributed by atoms with van der Waals surface area (Å²) in [6.45, 7) is 10.8. The first-order valence-corrected chi connectivity index (χ1v) is 7.62. The molecule has 0 aromatic heterocycles. The van der Waals surface area contributed by atoms with Gasteiger partial charge in [0, 0.05) is 0 Å². The summed E-state index contributed by atoms with van der Waals surface area (Å²) >= 11 is 1.30. The van der Waals surface area contributed by atoms with Crippen LogP contribution < -0.4 is 0 Å². The minimum absolute atomic E-state index is 0.560. The maximum atomic E-state index is 3.36. The number of rotatable bonds is 0. The van der Waals surface area contributed by atoms with E-state index in [2.05, 4.69) is 57.1 Å². The van der Waals surface area contributed by atoms with Gasteiger partial charge in [0.1, 0.15) is 0 Å². The van der Waals surface area contributed by atoms with Gasteiger partial charge in [-0.25, -0.2) is 17.2 Å². The van der Waals surface area contributed by atoms with E-state index in [1.807, 2.05) is 6.08 Å². The third-order valence-corrected chi connectivity index (χ3v) is 3.11. The first-order chi connectivity index (χ1) is 8.02. The van der Waals surface area contributed by atoms with Gasteiger partial charge >= 0.3 is 28.4 Å². The van der Waals surface area contributed by atoms with Crippen LogP contribution in [0.5, 0.6) is 0 Å². The molecule has 0 fully saturated rings. The fourth-order valence-corrected chi connectivity index (χ4v) is 1.66. The fraction of sp³-hybridized carbons (Fsp3) is 0.438. The van der Waals surface area contributed by atoms with Gasteiger partial charge in [-0.3, -0.25) is 12.2 Å². The first kappa shape index (κ1) is 16.7. The predicted molar refractivity (Wildman–Crippen MR) is 73.3 cm³/mol. The van der Waals surface area contributed by atoms with Crippen molar-refractivity contribution in [3.8, 4) is 0 Å². The van der Waals surface area contributed by atoms with Gasteiger partial charge in [-0.2, -0.15) is 17.2 Å². The topological polar surface area (TPSA) is 0 Å². The third-order valence-electron chi connectivity index (χ3n) is 3.11. The van der Waals surface area contributed by atoms with Crippen LogP contribution in [0.4, 0.5) is 0 Å². The Bertz CT molecular complexity index is 364. The molecule has 0 heterocycles. The Kier molecular flexibility index (Phi) is 8.61. The maximum absolute atomic E-state index is 3.36. The van der Waals surface area contributed by atoms with Crippen molar-refractivity contribution in [2.45, 2.75) is 41.0 Å². The SMILES string of the molecule is CC1=CC[C-]=C1.CC1=[C-]C(C)C(C)=C1C.[CH2]=[Zr+2]. The van der Waals surface area contributed by atoms with E-state index < -0.39 is 0 Å². The van der Waals surface area contributed by atoms with Crippen molar-refractivity contribution in [3.05, 3.63) is 46.6 Å². The molecule has 0 saturated heterocycles. The normalized spacial score (nSPS) is 21.2. The van der Waals surface area contributed by atoms with Crippen molar-refractivity contribution in [2.75, 3.05) is 0 Å². The fourth-order valence-electron chi connectivity index (χ4n) is 1.66. The molecule has 1 atom stereocenters. The summed E-state index contributed by atoms with van der Waals surface area (Å²) in [4.78, 5) is 0. The predicted octanol–water partition coefficient (Wildman–Crippen LogP) is 4.38. The quantitative estimate of drug-likeness (QED) is 0.583. The Morgan fingerprint density at radius 1 is 1.24 bits per heavy atom. The average molecular weight is 306 g/mol. The van der Waals surface area contributed by atoms with Gasteiger partial charge in [-0.15, -0.1) is 20.3 Å². The number of allylic oxidation sites excluding steroid dienone is 8. The first-order valence-electron chi connectivity index (χ1n) is 5.89. The summed E-state index contributed by atoms with van der Waals surface area (Å²) in [7, 11) is 0. The molecule has 1 heteroatoms. The summed E-state index contributed by atoms with van der Waals surface area (Å²) in [6.07, 6.45) is 11.6. The van der Waals surface area contributed by atoms with Crippen molar-refractivity contribution in [2.24, 2.45) is 5.92 Å². The molecular formula is C16H22Zr. The van der Waals surface area contributed by atoms with E-state index in [4.69, 9.17) is 0 Å². The van der Waals surface area contributed by atoms with Crippen molar-refractivity contribution in [1.82, 2.24) is 0 Å². The molecule has 17 heavy (non-hydrogen) atoms. The molecule has 0 aromatic rings. The molecule has 0 bridgehead atoms. The van der Waals surface area contributed by atoms with Crippen LogP contribution in [-0.4, -0.2) is 4.21 Å². The van der Waals surface area contributed by atoms with E-state index in [0.717, 1.165) is 6.42 Å². The average Bonchev–Trinajstić information content (AvgIpc) is 2.88. The monoisotopic (exact) mass is 304 g/mol. The zero-order chi connectivity index (χ0) is 13.4. The molecule has 0 nitrogen and oxygen atoms in total. The molecule has 0 aromatic carbocycles. The van der Waals surface area contributed by atoms with Crippen molar-refractivity contribution in [1.29, 1.82) is 0 Å². The van der Waals surface area contributed by atoms with Crippen molar-refractivity contribution < 1.29 is 24.2 Å². The van der Waals surface area contributed by atoms with E-state index in [1.54, 1.807) is 0 Å². The second kappa shape index (κ2) is 8.75. The Morgan fingerprint density at radius 3 is 1.94 bits per heavy atom. The molecule has 0 radical (unpaired) electrons.